The van der Waals surface area contributed by atoms with Crippen molar-refractivity contribution in [2.24, 2.45) is 0 Å². The molecule has 0 unspecified atom stereocenters. The molecule has 8 heteroatoms. The Bertz CT molecular complexity index is 508. The molecule has 1 aromatic heterocycles. The van der Waals surface area contributed by atoms with Crippen LogP contribution < -0.4 is 5.32 Å². The Kier molecular flexibility index (Phi) is 6.70. The molecule has 1 amide bonds. The molecule has 0 bridgehead atoms. The summed E-state index contributed by atoms with van der Waals surface area (Å²) in [6.07, 6.45) is 0. The highest BCUT2D eigenvalue weighted by molar-refractivity contribution is 6.36. The molecule has 6 nitrogen and oxygen atoms in total. The number of amides is 1. The molecule has 20 heavy (non-hydrogen) atoms. The minimum Gasteiger partial charge on any atom is -0.454 e. The Morgan fingerprint density at radius 1 is 1.30 bits per heavy atom. The number of halogens is 2. The number of hydrogen-bond acceptors (Lipinski definition) is 5. The number of esters is 1. The molecular weight excluding hydrogens is 307 g/mol. The number of rotatable bonds is 6. The Morgan fingerprint density at radius 2 is 2.00 bits per heavy atom. The van der Waals surface area contributed by atoms with E-state index >= 15 is 0 Å². The van der Waals surface area contributed by atoms with E-state index in [1.54, 1.807) is 13.8 Å². The summed E-state index contributed by atoms with van der Waals surface area (Å²) in [5.74, 6) is -1.00. The fourth-order valence-corrected chi connectivity index (χ4v) is 1.59. The van der Waals surface area contributed by atoms with Crippen LogP contribution in [-0.4, -0.2) is 36.7 Å². The highest BCUT2D eigenvalue weighted by Gasteiger charge is 2.12. The van der Waals surface area contributed by atoms with Crippen molar-refractivity contribution in [2.45, 2.75) is 13.8 Å². The zero-order valence-electron chi connectivity index (χ0n) is 11.0. The molecule has 0 aromatic carbocycles. The van der Waals surface area contributed by atoms with Crippen molar-refractivity contribution in [2.75, 3.05) is 25.1 Å². The van der Waals surface area contributed by atoms with Gasteiger partial charge in [0, 0.05) is 6.61 Å². The molecule has 0 radical (unpaired) electrons. The van der Waals surface area contributed by atoms with E-state index in [0.717, 1.165) is 0 Å². The van der Waals surface area contributed by atoms with Gasteiger partial charge in [-0.05, 0) is 19.9 Å². The molecule has 0 aliphatic carbocycles. The van der Waals surface area contributed by atoms with Gasteiger partial charge in [0.25, 0.3) is 5.91 Å². The zero-order valence-corrected chi connectivity index (χ0v) is 12.5. The summed E-state index contributed by atoms with van der Waals surface area (Å²) >= 11 is 11.7. The number of carbonyl (C=O) groups is 2. The van der Waals surface area contributed by atoms with Crippen LogP contribution in [0.2, 0.25) is 10.0 Å². The summed E-state index contributed by atoms with van der Waals surface area (Å²) in [6.45, 7) is 3.19. The Morgan fingerprint density at radius 3 is 2.65 bits per heavy atom. The standard InChI is InChI=1S/C12H14Cl2N2O4/c1-3-19-6-11(18)20-5-10(17)16-12-9(14)4-8(13)7(2)15-12/h4H,3,5-6H2,1-2H3,(H,15,16,17). The largest absolute Gasteiger partial charge is 0.454 e. The Hall–Kier alpha value is -1.37. The highest BCUT2D eigenvalue weighted by atomic mass is 35.5. The van der Waals surface area contributed by atoms with Gasteiger partial charge >= 0.3 is 5.97 Å². The van der Waals surface area contributed by atoms with Crippen LogP contribution in [-0.2, 0) is 19.1 Å². The summed E-state index contributed by atoms with van der Waals surface area (Å²) in [7, 11) is 0. The van der Waals surface area contributed by atoms with Crippen molar-refractivity contribution < 1.29 is 19.1 Å². The predicted molar refractivity (Wildman–Crippen MR) is 75.1 cm³/mol. The third kappa shape index (κ3) is 5.32. The predicted octanol–water partition coefficient (Wildman–Crippen LogP) is 2.22. The van der Waals surface area contributed by atoms with Crippen LogP contribution in [0.4, 0.5) is 5.82 Å². The monoisotopic (exact) mass is 320 g/mol. The maximum Gasteiger partial charge on any atom is 0.332 e. The number of aryl methyl sites for hydroxylation is 1. The number of anilines is 1. The fraction of sp³-hybridized carbons (Fsp3) is 0.417. The number of aromatic nitrogens is 1. The molecule has 0 aliphatic heterocycles. The van der Waals surface area contributed by atoms with Gasteiger partial charge in [-0.15, -0.1) is 0 Å². The summed E-state index contributed by atoms with van der Waals surface area (Å²) in [6, 6.07) is 1.47. The van der Waals surface area contributed by atoms with E-state index in [1.165, 1.54) is 6.07 Å². The van der Waals surface area contributed by atoms with Gasteiger partial charge in [0.05, 0.1) is 15.7 Å². The second-order valence-corrected chi connectivity index (χ2v) is 4.55. The lowest BCUT2D eigenvalue weighted by Gasteiger charge is -2.09. The normalized spacial score (nSPS) is 10.2. The molecule has 1 N–H and O–H groups in total. The Labute approximate surface area is 126 Å². The molecule has 0 spiro atoms. The average molecular weight is 321 g/mol. The van der Waals surface area contributed by atoms with Gasteiger partial charge in [-0.3, -0.25) is 4.79 Å². The third-order valence-corrected chi connectivity index (χ3v) is 2.82. The summed E-state index contributed by atoms with van der Waals surface area (Å²) in [5, 5.41) is 3.03. The highest BCUT2D eigenvalue weighted by Crippen LogP contribution is 2.25. The number of nitrogens with one attached hydrogen (secondary N) is 1. The van der Waals surface area contributed by atoms with Crippen LogP contribution in [0.15, 0.2) is 6.07 Å². The van der Waals surface area contributed by atoms with Crippen LogP contribution in [0.1, 0.15) is 12.6 Å². The van der Waals surface area contributed by atoms with Gasteiger partial charge in [-0.2, -0.15) is 0 Å². The molecule has 0 atom stereocenters. The molecule has 1 aromatic rings. The van der Waals surface area contributed by atoms with Crippen molar-refractivity contribution >= 4 is 40.9 Å². The average Bonchev–Trinajstić information content (AvgIpc) is 2.40. The second-order valence-electron chi connectivity index (χ2n) is 3.73. The molecule has 0 fully saturated rings. The van der Waals surface area contributed by atoms with E-state index in [2.05, 4.69) is 10.3 Å². The van der Waals surface area contributed by atoms with Crippen molar-refractivity contribution in [1.82, 2.24) is 4.98 Å². The van der Waals surface area contributed by atoms with E-state index in [-0.39, 0.29) is 17.4 Å². The van der Waals surface area contributed by atoms with Crippen LogP contribution in [0.25, 0.3) is 0 Å². The number of hydrogen-bond donors (Lipinski definition) is 1. The lowest BCUT2D eigenvalue weighted by molar-refractivity contribution is -0.151. The summed E-state index contributed by atoms with van der Waals surface area (Å²) in [5.41, 5.74) is 0.528. The number of pyridine rings is 1. The van der Waals surface area contributed by atoms with E-state index in [0.29, 0.717) is 17.3 Å². The van der Waals surface area contributed by atoms with Gasteiger partial charge in [-0.1, -0.05) is 23.2 Å². The van der Waals surface area contributed by atoms with Crippen molar-refractivity contribution in [1.29, 1.82) is 0 Å². The van der Waals surface area contributed by atoms with Gasteiger partial charge in [0.1, 0.15) is 6.61 Å². The minimum absolute atomic E-state index is 0.166. The second kappa shape index (κ2) is 8.04. The topological polar surface area (TPSA) is 77.5 Å². The van der Waals surface area contributed by atoms with E-state index < -0.39 is 18.5 Å². The number of nitrogens with zero attached hydrogens (tertiary/aromatic N) is 1. The lowest BCUT2D eigenvalue weighted by atomic mass is 10.3. The number of carbonyl (C=O) groups excluding carboxylic acids is 2. The molecule has 1 heterocycles. The van der Waals surface area contributed by atoms with Gasteiger partial charge < -0.3 is 14.8 Å². The first-order chi connectivity index (χ1) is 9.43. The van der Waals surface area contributed by atoms with Crippen LogP contribution in [0.5, 0.6) is 0 Å². The fourth-order valence-electron chi connectivity index (χ4n) is 1.19. The summed E-state index contributed by atoms with van der Waals surface area (Å²) < 4.78 is 9.54. The number of ether oxygens (including phenoxy) is 2. The quantitative estimate of drug-likeness (QED) is 0.813. The third-order valence-electron chi connectivity index (χ3n) is 2.15. The molecular formula is C12H14Cl2N2O4. The SMILES string of the molecule is CCOCC(=O)OCC(=O)Nc1nc(C)c(Cl)cc1Cl. The molecule has 110 valence electrons. The van der Waals surface area contributed by atoms with Gasteiger partial charge in [0.2, 0.25) is 0 Å². The molecule has 0 saturated heterocycles. The maximum atomic E-state index is 11.6. The summed E-state index contributed by atoms with van der Waals surface area (Å²) in [4.78, 5) is 26.7. The van der Waals surface area contributed by atoms with Gasteiger partial charge in [-0.25, -0.2) is 9.78 Å². The Balaban J connectivity index is 2.51. The van der Waals surface area contributed by atoms with Crippen molar-refractivity contribution in [3.63, 3.8) is 0 Å². The lowest BCUT2D eigenvalue weighted by Crippen LogP contribution is -2.23. The first-order valence-corrected chi connectivity index (χ1v) is 6.55. The van der Waals surface area contributed by atoms with Gasteiger partial charge in [0.15, 0.2) is 12.4 Å². The molecule has 1 rings (SSSR count). The van der Waals surface area contributed by atoms with Crippen LogP contribution >= 0.6 is 23.2 Å². The first-order valence-electron chi connectivity index (χ1n) is 5.80. The zero-order chi connectivity index (χ0) is 15.1. The van der Waals surface area contributed by atoms with Crippen molar-refractivity contribution in [3.8, 4) is 0 Å². The van der Waals surface area contributed by atoms with Crippen LogP contribution in [0, 0.1) is 6.92 Å². The van der Waals surface area contributed by atoms with E-state index in [9.17, 15) is 9.59 Å². The molecule has 0 saturated carbocycles. The van der Waals surface area contributed by atoms with Crippen LogP contribution in [0.3, 0.4) is 0 Å². The molecule has 0 aliphatic rings. The van der Waals surface area contributed by atoms with Crippen molar-refractivity contribution in [3.05, 3.63) is 21.8 Å². The maximum absolute atomic E-state index is 11.6. The smallest absolute Gasteiger partial charge is 0.332 e. The van der Waals surface area contributed by atoms with E-state index in [4.69, 9.17) is 32.7 Å². The van der Waals surface area contributed by atoms with E-state index in [1.807, 2.05) is 0 Å². The first kappa shape index (κ1) is 16.7. The minimum atomic E-state index is -0.617.